The fraction of sp³-hybridized carbons (Fsp3) is 0.560. The van der Waals surface area contributed by atoms with Crippen LogP contribution in [0.5, 0.6) is 5.75 Å². The number of nitrogens with zero attached hydrogens (tertiary/aromatic N) is 1. The molecule has 1 atom stereocenters. The lowest BCUT2D eigenvalue weighted by Crippen LogP contribution is -2.32. The SMILES string of the molecule is CCC(CC)(c1ccc(OCC(O)C(C)(C)C)c(C)c1)c1cc(C)c(C#N)s1.CCl. The molecule has 1 aromatic carbocycles. The van der Waals surface area contributed by atoms with Crippen molar-refractivity contribution in [2.45, 2.75) is 72.8 Å². The van der Waals surface area contributed by atoms with E-state index in [1.807, 2.05) is 33.8 Å². The highest BCUT2D eigenvalue weighted by molar-refractivity contribution is 7.12. The Morgan fingerprint density at radius 3 is 2.13 bits per heavy atom. The molecule has 1 unspecified atom stereocenters. The zero-order chi connectivity index (χ0) is 23.1. The summed E-state index contributed by atoms with van der Waals surface area (Å²) in [6, 6.07) is 10.9. The van der Waals surface area contributed by atoms with E-state index in [4.69, 9.17) is 4.74 Å². The first-order valence-corrected chi connectivity index (χ1v) is 12.0. The van der Waals surface area contributed by atoms with E-state index >= 15 is 0 Å². The molecule has 3 nitrogen and oxygen atoms in total. The average molecular weight is 450 g/mol. The average Bonchev–Trinajstić information content (AvgIpc) is 3.10. The second-order valence-corrected chi connectivity index (χ2v) is 9.75. The normalized spacial score (nSPS) is 12.6. The monoisotopic (exact) mass is 449 g/mol. The van der Waals surface area contributed by atoms with Gasteiger partial charge in [0, 0.05) is 16.7 Å². The molecule has 2 aromatic rings. The van der Waals surface area contributed by atoms with Gasteiger partial charge in [-0.05, 0) is 60.9 Å². The summed E-state index contributed by atoms with van der Waals surface area (Å²) in [7, 11) is 0. The molecular formula is C25H36ClNO2S. The van der Waals surface area contributed by atoms with Crippen LogP contribution in [0.1, 0.15) is 73.9 Å². The highest BCUT2D eigenvalue weighted by Crippen LogP contribution is 2.44. The van der Waals surface area contributed by atoms with E-state index in [1.165, 1.54) is 16.8 Å². The molecule has 1 heterocycles. The van der Waals surface area contributed by atoms with E-state index in [0.717, 1.165) is 34.6 Å². The number of rotatable bonds is 7. The number of hydrogen-bond donors (Lipinski definition) is 1. The van der Waals surface area contributed by atoms with Crippen molar-refractivity contribution >= 4 is 22.9 Å². The van der Waals surface area contributed by atoms with Crippen molar-refractivity contribution in [2.24, 2.45) is 5.41 Å². The third-order valence-corrected chi connectivity index (χ3v) is 7.17. The lowest BCUT2D eigenvalue weighted by molar-refractivity contribution is 0.0216. The molecule has 0 saturated heterocycles. The maximum Gasteiger partial charge on any atom is 0.122 e. The van der Waals surface area contributed by atoms with Crippen LogP contribution in [0.15, 0.2) is 24.3 Å². The molecule has 0 fully saturated rings. The van der Waals surface area contributed by atoms with Crippen LogP contribution in [-0.4, -0.2) is 24.2 Å². The molecule has 30 heavy (non-hydrogen) atoms. The quantitative estimate of drug-likeness (QED) is 0.463. The summed E-state index contributed by atoms with van der Waals surface area (Å²) in [4.78, 5) is 2.05. The van der Waals surface area contributed by atoms with Crippen molar-refractivity contribution in [2.75, 3.05) is 13.0 Å². The van der Waals surface area contributed by atoms with Crippen LogP contribution < -0.4 is 4.74 Å². The molecule has 2 rings (SSSR count). The molecule has 166 valence electrons. The molecule has 5 heteroatoms. The van der Waals surface area contributed by atoms with Crippen LogP contribution in [-0.2, 0) is 5.41 Å². The lowest BCUT2D eigenvalue weighted by Gasteiger charge is -2.32. The molecule has 0 bridgehead atoms. The second-order valence-electron chi connectivity index (χ2n) is 8.70. The molecule has 0 spiro atoms. The Bertz CT molecular complexity index is 857. The first kappa shape index (κ1) is 26.5. The van der Waals surface area contributed by atoms with Gasteiger partial charge < -0.3 is 9.84 Å². The van der Waals surface area contributed by atoms with Crippen molar-refractivity contribution in [1.82, 2.24) is 0 Å². The number of aryl methyl sites for hydroxylation is 2. The first-order chi connectivity index (χ1) is 14.1. The van der Waals surface area contributed by atoms with Gasteiger partial charge in [-0.2, -0.15) is 5.26 Å². The van der Waals surface area contributed by atoms with Crippen LogP contribution in [0.3, 0.4) is 0 Å². The molecule has 0 aliphatic rings. The van der Waals surface area contributed by atoms with Gasteiger partial charge in [0.25, 0.3) is 0 Å². The number of halogens is 1. The largest absolute Gasteiger partial charge is 0.491 e. The maximum absolute atomic E-state index is 10.2. The molecule has 1 N–H and O–H groups in total. The van der Waals surface area contributed by atoms with E-state index in [9.17, 15) is 10.4 Å². The summed E-state index contributed by atoms with van der Waals surface area (Å²) in [6.07, 6.45) is 2.89. The minimum absolute atomic E-state index is 0.0985. The van der Waals surface area contributed by atoms with Crippen LogP contribution in [0.25, 0.3) is 0 Å². The highest BCUT2D eigenvalue weighted by Gasteiger charge is 2.33. The van der Waals surface area contributed by atoms with Gasteiger partial charge in [0.05, 0.1) is 6.10 Å². The molecule has 0 aliphatic carbocycles. The summed E-state index contributed by atoms with van der Waals surface area (Å²) in [6.45, 7) is 14.8. The van der Waals surface area contributed by atoms with Gasteiger partial charge in [-0.3, -0.25) is 0 Å². The Morgan fingerprint density at radius 2 is 1.70 bits per heavy atom. The number of hydrogen-bond acceptors (Lipinski definition) is 4. The number of benzene rings is 1. The fourth-order valence-electron chi connectivity index (χ4n) is 3.51. The van der Waals surface area contributed by atoms with Gasteiger partial charge in [0.15, 0.2) is 0 Å². The Hall–Kier alpha value is -1.54. The predicted molar refractivity (Wildman–Crippen MR) is 129 cm³/mol. The standard InChI is InChI=1S/C24H33NO2S.CH3Cl/c1-8-24(9-2,22-13-17(4)20(14-25)28-22)18-10-11-19(16(3)12-18)27-15-21(26)23(5,6)7;1-2/h10-13,21,26H,8-9,15H2,1-7H3;1H3. The number of aliphatic hydroxyl groups excluding tert-OH is 1. The van der Waals surface area contributed by atoms with Gasteiger partial charge in [-0.25, -0.2) is 0 Å². The summed E-state index contributed by atoms with van der Waals surface area (Å²) in [5.74, 6) is 0.813. The molecule has 0 radical (unpaired) electrons. The number of ether oxygens (including phenoxy) is 1. The van der Waals surface area contributed by atoms with Gasteiger partial charge in [-0.1, -0.05) is 46.8 Å². The van der Waals surface area contributed by atoms with Gasteiger partial charge in [0.2, 0.25) is 0 Å². The third kappa shape index (κ3) is 5.78. The van der Waals surface area contributed by atoms with Gasteiger partial charge >= 0.3 is 0 Å². The zero-order valence-corrected chi connectivity index (χ0v) is 21.2. The Kier molecular flexibility index (Phi) is 9.88. The van der Waals surface area contributed by atoms with Crippen LogP contribution in [0.4, 0.5) is 0 Å². The van der Waals surface area contributed by atoms with E-state index < -0.39 is 6.10 Å². The van der Waals surface area contributed by atoms with E-state index in [-0.39, 0.29) is 17.4 Å². The Morgan fingerprint density at radius 1 is 1.10 bits per heavy atom. The highest BCUT2D eigenvalue weighted by atomic mass is 35.5. The number of alkyl halides is 1. The van der Waals surface area contributed by atoms with Crippen molar-refractivity contribution < 1.29 is 9.84 Å². The zero-order valence-electron chi connectivity index (χ0n) is 19.6. The molecule has 0 aliphatic heterocycles. The molecular weight excluding hydrogens is 414 g/mol. The minimum atomic E-state index is -0.518. The summed E-state index contributed by atoms with van der Waals surface area (Å²) < 4.78 is 5.92. The van der Waals surface area contributed by atoms with E-state index in [0.29, 0.717) is 0 Å². The Balaban J connectivity index is 0.00000218. The van der Waals surface area contributed by atoms with E-state index in [1.54, 1.807) is 11.3 Å². The Labute approximate surface area is 191 Å². The topological polar surface area (TPSA) is 53.2 Å². The number of nitriles is 1. The van der Waals surface area contributed by atoms with E-state index in [2.05, 4.69) is 56.6 Å². The van der Waals surface area contributed by atoms with Crippen molar-refractivity contribution in [3.63, 3.8) is 0 Å². The van der Waals surface area contributed by atoms with Gasteiger partial charge in [0.1, 0.15) is 23.3 Å². The van der Waals surface area contributed by atoms with Crippen LogP contribution in [0, 0.1) is 30.6 Å². The van der Waals surface area contributed by atoms with Gasteiger partial charge in [-0.15, -0.1) is 22.9 Å². The third-order valence-electron chi connectivity index (χ3n) is 5.82. The summed E-state index contributed by atoms with van der Waals surface area (Å²) in [5.41, 5.74) is 3.08. The van der Waals surface area contributed by atoms with Crippen molar-refractivity contribution in [3.05, 3.63) is 50.7 Å². The van der Waals surface area contributed by atoms with Crippen molar-refractivity contribution in [1.29, 1.82) is 5.26 Å². The van der Waals surface area contributed by atoms with Crippen molar-refractivity contribution in [3.8, 4) is 11.8 Å². The predicted octanol–water partition coefficient (Wildman–Crippen LogP) is 6.98. The summed E-state index contributed by atoms with van der Waals surface area (Å²) >= 11 is 6.25. The smallest absolute Gasteiger partial charge is 0.122 e. The first-order valence-electron chi connectivity index (χ1n) is 10.4. The second kappa shape index (κ2) is 11.2. The minimum Gasteiger partial charge on any atom is -0.491 e. The molecule has 0 saturated carbocycles. The van der Waals surface area contributed by atoms with Crippen LogP contribution >= 0.6 is 22.9 Å². The fourth-order valence-corrected chi connectivity index (χ4v) is 4.83. The molecule has 0 amide bonds. The summed E-state index contributed by atoms with van der Waals surface area (Å²) in [5, 5.41) is 19.6. The number of thiophene rings is 1. The van der Waals surface area contributed by atoms with Crippen LogP contribution in [0.2, 0.25) is 0 Å². The lowest BCUT2D eigenvalue weighted by atomic mass is 9.74. The molecule has 1 aromatic heterocycles. The number of aliphatic hydroxyl groups is 1. The maximum atomic E-state index is 10.2.